The Hall–Kier alpha value is -5.22. The zero-order chi connectivity index (χ0) is 36.2. The Balaban J connectivity index is 1.04. The molecule has 0 saturated heterocycles. The van der Waals surface area contributed by atoms with Gasteiger partial charge in [0.25, 0.3) is 0 Å². The number of rotatable bonds is 12. The Morgan fingerprint density at radius 3 is 1.02 bits per heavy atom. The molecule has 3 nitrogen and oxygen atoms in total. The van der Waals surface area contributed by atoms with Crippen molar-refractivity contribution in [3.05, 3.63) is 185 Å². The molecule has 51 heavy (non-hydrogen) atoms. The van der Waals surface area contributed by atoms with Gasteiger partial charge in [-0.05, 0) is 94.3 Å². The number of benzene rings is 6. The minimum absolute atomic E-state index is 0.0881. The highest BCUT2D eigenvalue weighted by Crippen LogP contribution is 2.36. The first kappa shape index (κ1) is 35.6. The van der Waals surface area contributed by atoms with Crippen molar-refractivity contribution in [3.63, 3.8) is 0 Å². The van der Waals surface area contributed by atoms with Crippen LogP contribution in [0.15, 0.2) is 146 Å². The van der Waals surface area contributed by atoms with E-state index in [0.29, 0.717) is 0 Å². The van der Waals surface area contributed by atoms with Gasteiger partial charge in [-0.25, -0.2) is 0 Å². The molecule has 0 atom stereocenters. The lowest BCUT2D eigenvalue weighted by Crippen LogP contribution is -2.23. The molecule has 0 fully saturated rings. The van der Waals surface area contributed by atoms with Crippen LogP contribution in [0.1, 0.15) is 80.5 Å². The van der Waals surface area contributed by atoms with Crippen LogP contribution in [-0.2, 0) is 16.2 Å². The van der Waals surface area contributed by atoms with Crippen LogP contribution in [0.25, 0.3) is 0 Å². The van der Waals surface area contributed by atoms with Crippen LogP contribution in [0.5, 0.6) is 23.0 Å². The van der Waals surface area contributed by atoms with E-state index in [9.17, 15) is 0 Å². The van der Waals surface area contributed by atoms with Crippen molar-refractivity contribution in [2.45, 2.75) is 64.7 Å². The van der Waals surface area contributed by atoms with Gasteiger partial charge >= 0.3 is 7.48 Å². The summed E-state index contributed by atoms with van der Waals surface area (Å²) >= 11 is 0. The van der Waals surface area contributed by atoms with E-state index in [-0.39, 0.29) is 16.2 Å². The van der Waals surface area contributed by atoms with E-state index in [0.717, 1.165) is 28.5 Å². The Morgan fingerprint density at radius 1 is 0.373 bits per heavy atom. The van der Waals surface area contributed by atoms with Gasteiger partial charge in [-0.15, -0.1) is 0 Å². The van der Waals surface area contributed by atoms with Crippen LogP contribution < -0.4 is 19.6 Å². The Morgan fingerprint density at radius 2 is 0.667 bits per heavy atom. The maximum atomic E-state index is 6.25. The summed E-state index contributed by atoms with van der Waals surface area (Å²) in [6, 6.07) is 50.9. The lowest BCUT2D eigenvalue weighted by atomic mass is 9.76. The quantitative estimate of drug-likeness (QED) is 0.121. The van der Waals surface area contributed by atoms with E-state index in [1.165, 1.54) is 38.9 Å². The number of ether oxygens (including phenoxy) is 2. The summed E-state index contributed by atoms with van der Waals surface area (Å²) in [7, 11) is 3.51. The summed E-state index contributed by atoms with van der Waals surface area (Å²) in [5, 5.41) is 0. The molecule has 0 spiro atoms. The van der Waals surface area contributed by atoms with Crippen molar-refractivity contribution in [3.8, 4) is 23.0 Å². The molecule has 0 aliphatic rings. The van der Waals surface area contributed by atoms with Gasteiger partial charge in [-0.3, -0.25) is 0 Å². The third kappa shape index (κ3) is 7.91. The summed E-state index contributed by atoms with van der Waals surface area (Å²) in [6.07, 6.45) is 0. The maximum Gasteiger partial charge on any atom is 0.408 e. The van der Waals surface area contributed by atoms with Crippen molar-refractivity contribution in [1.82, 2.24) is 0 Å². The van der Waals surface area contributed by atoms with Crippen molar-refractivity contribution < 1.29 is 14.1 Å². The predicted molar refractivity (Wildman–Crippen MR) is 212 cm³/mol. The SMILES string of the molecule is COc1ccc(C(C)(C)c2ccc(Oc3ccc(C(C)(C)c4ccc([B]Oc5ccc(C(C)(C)c6ccc(C)cc6)cc5)cc4)cc3)cc2)cc1. The fraction of sp³-hybridized carbons (Fsp3) is 0.234. The normalized spacial score (nSPS) is 11.9. The number of hydrogen-bond donors (Lipinski definition) is 0. The number of hydrogen-bond acceptors (Lipinski definition) is 3. The highest BCUT2D eigenvalue weighted by molar-refractivity contribution is 6.47. The van der Waals surface area contributed by atoms with E-state index in [4.69, 9.17) is 14.1 Å². The second-order valence-electron chi connectivity index (χ2n) is 15.0. The van der Waals surface area contributed by atoms with Gasteiger partial charge in [-0.2, -0.15) is 0 Å². The minimum Gasteiger partial charge on any atom is -0.558 e. The molecule has 6 aromatic carbocycles. The van der Waals surface area contributed by atoms with Crippen molar-refractivity contribution >= 4 is 12.9 Å². The molecular formula is C47H48BO3. The van der Waals surface area contributed by atoms with Gasteiger partial charge in [0.05, 0.1) is 12.9 Å². The van der Waals surface area contributed by atoms with Gasteiger partial charge in [0, 0.05) is 16.2 Å². The molecule has 0 unspecified atom stereocenters. The molecule has 0 bridgehead atoms. The average molecular weight is 672 g/mol. The number of methoxy groups -OCH3 is 1. The molecule has 0 heterocycles. The molecule has 257 valence electrons. The first-order chi connectivity index (χ1) is 24.4. The second kappa shape index (κ2) is 14.6. The van der Waals surface area contributed by atoms with Crippen LogP contribution in [-0.4, -0.2) is 14.6 Å². The molecule has 0 saturated carbocycles. The van der Waals surface area contributed by atoms with Crippen molar-refractivity contribution in [2.75, 3.05) is 7.11 Å². The zero-order valence-electron chi connectivity index (χ0n) is 31.2. The molecule has 0 aliphatic heterocycles. The molecular weight excluding hydrogens is 623 g/mol. The third-order valence-electron chi connectivity index (χ3n) is 10.5. The lowest BCUT2D eigenvalue weighted by Gasteiger charge is -2.27. The van der Waals surface area contributed by atoms with Crippen LogP contribution >= 0.6 is 0 Å². The standard InChI is InChI=1S/C47H48BO3/c1-33-9-11-34(12-10-33)45(2,3)39-21-31-44(32-22-39)51-48-40-23-13-35(14-24-40)46(4,5)37-17-27-42(28-18-37)50-43-29-19-38(20-30-43)47(6,7)36-15-25-41(49-8)26-16-36/h9-32H,1-8H3. The topological polar surface area (TPSA) is 27.7 Å². The molecule has 6 aromatic rings. The van der Waals surface area contributed by atoms with E-state index in [1.807, 2.05) is 43.9 Å². The van der Waals surface area contributed by atoms with E-state index in [2.05, 4.69) is 158 Å². The average Bonchev–Trinajstić information content (AvgIpc) is 3.15. The summed E-state index contributed by atoms with van der Waals surface area (Å²) in [5.74, 6) is 3.30. The Labute approximate surface area is 305 Å². The largest absolute Gasteiger partial charge is 0.558 e. The summed E-state index contributed by atoms with van der Waals surface area (Å²) in [4.78, 5) is 0. The maximum absolute atomic E-state index is 6.25. The first-order valence-corrected chi connectivity index (χ1v) is 17.7. The Bertz CT molecular complexity index is 2020. The van der Waals surface area contributed by atoms with Crippen LogP contribution in [0.2, 0.25) is 0 Å². The molecule has 1 radical (unpaired) electrons. The molecule has 0 aromatic heterocycles. The zero-order valence-corrected chi connectivity index (χ0v) is 31.2. The van der Waals surface area contributed by atoms with Gasteiger partial charge in [0.2, 0.25) is 0 Å². The third-order valence-corrected chi connectivity index (χ3v) is 10.5. The van der Waals surface area contributed by atoms with E-state index < -0.39 is 0 Å². The molecule has 0 N–H and O–H groups in total. The molecule has 0 aliphatic carbocycles. The molecule has 0 amide bonds. The number of aryl methyl sites for hydroxylation is 1. The second-order valence-corrected chi connectivity index (χ2v) is 15.0. The summed E-state index contributed by atoms with van der Waals surface area (Å²) < 4.78 is 17.6. The van der Waals surface area contributed by atoms with Crippen LogP contribution in [0.3, 0.4) is 0 Å². The fourth-order valence-corrected chi connectivity index (χ4v) is 6.56. The highest BCUT2D eigenvalue weighted by atomic mass is 16.5. The van der Waals surface area contributed by atoms with Gasteiger partial charge in [0.1, 0.15) is 17.2 Å². The molecule has 6 rings (SSSR count). The summed E-state index contributed by atoms with van der Waals surface area (Å²) in [5.41, 5.74) is 9.32. The molecule has 4 heteroatoms. The Kier molecular flexibility index (Phi) is 10.2. The van der Waals surface area contributed by atoms with E-state index >= 15 is 0 Å². The smallest absolute Gasteiger partial charge is 0.408 e. The van der Waals surface area contributed by atoms with Crippen molar-refractivity contribution in [2.24, 2.45) is 0 Å². The van der Waals surface area contributed by atoms with Crippen molar-refractivity contribution in [1.29, 1.82) is 0 Å². The van der Waals surface area contributed by atoms with Crippen LogP contribution in [0.4, 0.5) is 0 Å². The van der Waals surface area contributed by atoms with Gasteiger partial charge in [-0.1, -0.05) is 144 Å². The van der Waals surface area contributed by atoms with E-state index in [1.54, 1.807) is 7.11 Å². The lowest BCUT2D eigenvalue weighted by molar-refractivity contribution is 0.414. The highest BCUT2D eigenvalue weighted by Gasteiger charge is 2.25. The monoisotopic (exact) mass is 671 g/mol. The van der Waals surface area contributed by atoms with Gasteiger partial charge in [0.15, 0.2) is 0 Å². The van der Waals surface area contributed by atoms with Gasteiger partial charge < -0.3 is 14.1 Å². The van der Waals surface area contributed by atoms with Crippen LogP contribution in [0, 0.1) is 6.92 Å². The fourth-order valence-electron chi connectivity index (χ4n) is 6.56. The first-order valence-electron chi connectivity index (χ1n) is 17.7. The predicted octanol–water partition coefficient (Wildman–Crippen LogP) is 11.1. The summed E-state index contributed by atoms with van der Waals surface area (Å²) in [6.45, 7) is 15.6. The minimum atomic E-state index is -0.188.